The molecule has 0 aromatic carbocycles. The number of amides is 3. The molecule has 0 radical (unpaired) electrons. The third-order valence-corrected chi connectivity index (χ3v) is 4.84. The van der Waals surface area contributed by atoms with Gasteiger partial charge >= 0.3 is 12.2 Å². The molecule has 1 N–H and O–H groups in total. The molecule has 0 unspecified atom stereocenters. The Morgan fingerprint density at radius 3 is 2.15 bits per heavy atom. The monoisotopic (exact) mass is 385 g/mol. The molecule has 0 aliphatic rings. The summed E-state index contributed by atoms with van der Waals surface area (Å²) in [4.78, 5) is 40.1. The lowest BCUT2D eigenvalue weighted by atomic mass is 10.2. The SMILES string of the molecule is Cc1cc(N(C)C(=O)O)sc1C(=O)N(C)CCN(C)C(=O)OC(C)(C)C. The van der Waals surface area contributed by atoms with E-state index in [1.165, 1.54) is 16.8 Å². The van der Waals surface area contributed by atoms with Crippen molar-refractivity contribution in [2.45, 2.75) is 33.3 Å². The minimum absolute atomic E-state index is 0.213. The van der Waals surface area contributed by atoms with Crippen molar-refractivity contribution in [2.24, 2.45) is 0 Å². The topological polar surface area (TPSA) is 90.4 Å². The number of anilines is 1. The number of carbonyl (C=O) groups excluding carboxylic acids is 2. The molecule has 1 aromatic heterocycles. The largest absolute Gasteiger partial charge is 0.465 e. The zero-order valence-corrected chi connectivity index (χ0v) is 17.1. The van der Waals surface area contributed by atoms with Gasteiger partial charge in [0.2, 0.25) is 0 Å². The maximum atomic E-state index is 12.6. The standard InChI is InChI=1S/C17H27N3O5S/c1-11-10-12(20(7)15(22)23)26-13(11)14(21)18(5)8-9-19(6)16(24)25-17(2,3)4/h10H,8-9H2,1-7H3,(H,22,23). The predicted octanol–water partition coefficient (Wildman–Crippen LogP) is 3.11. The van der Waals surface area contributed by atoms with E-state index < -0.39 is 17.8 Å². The quantitative estimate of drug-likeness (QED) is 0.841. The third kappa shape index (κ3) is 5.91. The molecular formula is C17H27N3O5S. The summed E-state index contributed by atoms with van der Waals surface area (Å²) in [6, 6.07) is 1.67. The number of thiophene rings is 1. The Balaban J connectivity index is 2.71. The lowest BCUT2D eigenvalue weighted by molar-refractivity contribution is 0.0283. The smallest absolute Gasteiger partial charge is 0.412 e. The van der Waals surface area contributed by atoms with E-state index in [0.717, 1.165) is 21.8 Å². The van der Waals surface area contributed by atoms with E-state index in [0.29, 0.717) is 23.0 Å². The first-order valence-electron chi connectivity index (χ1n) is 8.10. The second-order valence-electron chi connectivity index (χ2n) is 7.07. The van der Waals surface area contributed by atoms with Gasteiger partial charge in [-0.3, -0.25) is 9.69 Å². The number of rotatable bonds is 5. The molecule has 0 fully saturated rings. The third-order valence-electron chi connectivity index (χ3n) is 3.54. The minimum Gasteiger partial charge on any atom is -0.465 e. The van der Waals surface area contributed by atoms with Crippen LogP contribution in [0.4, 0.5) is 14.6 Å². The maximum Gasteiger partial charge on any atom is 0.412 e. The Bertz CT molecular complexity index is 680. The number of carbonyl (C=O) groups is 3. The fourth-order valence-corrected chi connectivity index (χ4v) is 3.07. The van der Waals surface area contributed by atoms with Gasteiger partial charge < -0.3 is 19.6 Å². The number of aryl methyl sites for hydroxylation is 1. The molecule has 1 aromatic rings. The number of nitrogens with zero attached hydrogens (tertiary/aromatic N) is 3. The van der Waals surface area contributed by atoms with Crippen LogP contribution in [0.5, 0.6) is 0 Å². The molecule has 0 bridgehead atoms. The lowest BCUT2D eigenvalue weighted by Gasteiger charge is -2.26. The first-order valence-corrected chi connectivity index (χ1v) is 8.91. The summed E-state index contributed by atoms with van der Waals surface area (Å²) in [5.41, 5.74) is 0.142. The van der Waals surface area contributed by atoms with Crippen molar-refractivity contribution in [1.82, 2.24) is 9.80 Å². The molecule has 0 saturated carbocycles. The van der Waals surface area contributed by atoms with Crippen molar-refractivity contribution < 1.29 is 24.2 Å². The molecule has 0 aliphatic carbocycles. The number of carboxylic acid groups (broad SMARTS) is 1. The van der Waals surface area contributed by atoms with Crippen LogP contribution in [0.25, 0.3) is 0 Å². The summed E-state index contributed by atoms with van der Waals surface area (Å²) in [6.45, 7) is 7.79. The Hall–Kier alpha value is -2.29. The molecule has 1 rings (SSSR count). The van der Waals surface area contributed by atoms with Gasteiger partial charge in [-0.2, -0.15) is 0 Å². The van der Waals surface area contributed by atoms with Crippen molar-refractivity contribution in [3.05, 3.63) is 16.5 Å². The van der Waals surface area contributed by atoms with Crippen LogP contribution in [0, 0.1) is 6.92 Å². The Labute approximate surface area is 157 Å². The van der Waals surface area contributed by atoms with E-state index in [9.17, 15) is 14.4 Å². The summed E-state index contributed by atoms with van der Waals surface area (Å²) >= 11 is 1.13. The number of ether oxygens (including phenoxy) is 1. The normalized spacial score (nSPS) is 11.0. The van der Waals surface area contributed by atoms with Gasteiger partial charge in [-0.15, -0.1) is 11.3 Å². The Morgan fingerprint density at radius 1 is 1.12 bits per heavy atom. The van der Waals surface area contributed by atoms with Crippen LogP contribution < -0.4 is 4.90 Å². The average Bonchev–Trinajstić information content (AvgIpc) is 2.90. The van der Waals surface area contributed by atoms with Crippen LogP contribution in [0.2, 0.25) is 0 Å². The van der Waals surface area contributed by atoms with Crippen molar-refractivity contribution in [3.8, 4) is 0 Å². The highest BCUT2D eigenvalue weighted by Gasteiger charge is 2.23. The van der Waals surface area contributed by atoms with Gasteiger partial charge in [0.25, 0.3) is 5.91 Å². The zero-order chi connectivity index (χ0) is 20.2. The fraction of sp³-hybridized carbons (Fsp3) is 0.588. The van der Waals surface area contributed by atoms with Crippen LogP contribution in [0.15, 0.2) is 6.07 Å². The van der Waals surface area contributed by atoms with Gasteiger partial charge in [-0.25, -0.2) is 9.59 Å². The van der Waals surface area contributed by atoms with Crippen LogP contribution in [-0.2, 0) is 4.74 Å². The Morgan fingerprint density at radius 2 is 1.65 bits per heavy atom. The van der Waals surface area contributed by atoms with E-state index in [-0.39, 0.29) is 5.91 Å². The molecule has 9 heteroatoms. The predicted molar refractivity (Wildman–Crippen MR) is 101 cm³/mol. The maximum absolute atomic E-state index is 12.6. The average molecular weight is 385 g/mol. The van der Waals surface area contributed by atoms with Crippen LogP contribution in [0.1, 0.15) is 36.0 Å². The second kappa shape index (κ2) is 8.39. The van der Waals surface area contributed by atoms with E-state index in [4.69, 9.17) is 9.84 Å². The van der Waals surface area contributed by atoms with E-state index >= 15 is 0 Å². The number of hydrogen-bond acceptors (Lipinski definition) is 5. The van der Waals surface area contributed by atoms with Gasteiger partial charge in [0, 0.05) is 34.2 Å². The van der Waals surface area contributed by atoms with Gasteiger partial charge in [-0.05, 0) is 39.3 Å². The Kier molecular flexibility index (Phi) is 7.02. The molecule has 8 nitrogen and oxygen atoms in total. The fourth-order valence-electron chi connectivity index (χ4n) is 1.94. The summed E-state index contributed by atoms with van der Waals surface area (Å²) < 4.78 is 5.27. The van der Waals surface area contributed by atoms with Crippen LogP contribution in [-0.4, -0.2) is 72.8 Å². The molecule has 0 atom stereocenters. The second-order valence-corrected chi connectivity index (χ2v) is 8.10. The molecule has 0 saturated heterocycles. The highest BCUT2D eigenvalue weighted by molar-refractivity contribution is 7.18. The highest BCUT2D eigenvalue weighted by Crippen LogP contribution is 2.30. The summed E-state index contributed by atoms with van der Waals surface area (Å²) in [5.74, 6) is -0.213. The molecular weight excluding hydrogens is 358 g/mol. The first kappa shape index (κ1) is 21.8. The highest BCUT2D eigenvalue weighted by atomic mass is 32.1. The van der Waals surface area contributed by atoms with Crippen LogP contribution >= 0.6 is 11.3 Å². The van der Waals surface area contributed by atoms with Gasteiger partial charge in [-0.1, -0.05) is 0 Å². The zero-order valence-electron chi connectivity index (χ0n) is 16.3. The summed E-state index contributed by atoms with van der Waals surface area (Å²) in [5, 5.41) is 9.53. The molecule has 0 spiro atoms. The van der Waals surface area contributed by atoms with Crippen molar-refractivity contribution in [3.63, 3.8) is 0 Å². The number of hydrogen-bond donors (Lipinski definition) is 1. The number of likely N-dealkylation sites (N-methyl/N-ethyl adjacent to an activating group) is 2. The lowest BCUT2D eigenvalue weighted by Crippen LogP contribution is -2.39. The van der Waals surface area contributed by atoms with Crippen molar-refractivity contribution >= 4 is 34.4 Å². The summed E-state index contributed by atoms with van der Waals surface area (Å²) in [7, 11) is 4.69. The van der Waals surface area contributed by atoms with Crippen molar-refractivity contribution in [2.75, 3.05) is 39.1 Å². The van der Waals surface area contributed by atoms with E-state index in [1.807, 2.05) is 0 Å². The van der Waals surface area contributed by atoms with Gasteiger partial charge in [0.05, 0.1) is 4.88 Å². The molecule has 3 amide bonds. The molecule has 1 heterocycles. The van der Waals surface area contributed by atoms with Gasteiger partial charge in [0.15, 0.2) is 0 Å². The van der Waals surface area contributed by atoms with Crippen LogP contribution in [0.3, 0.4) is 0 Å². The van der Waals surface area contributed by atoms with Gasteiger partial charge in [0.1, 0.15) is 10.6 Å². The van der Waals surface area contributed by atoms with E-state index in [2.05, 4.69) is 0 Å². The van der Waals surface area contributed by atoms with Crippen molar-refractivity contribution in [1.29, 1.82) is 0 Å². The first-order chi connectivity index (χ1) is 11.8. The minimum atomic E-state index is -1.09. The summed E-state index contributed by atoms with van der Waals surface area (Å²) in [6.07, 6.45) is -1.53. The molecule has 146 valence electrons. The van der Waals surface area contributed by atoms with E-state index in [1.54, 1.807) is 47.9 Å². The molecule has 26 heavy (non-hydrogen) atoms. The molecule has 0 aliphatic heterocycles.